The summed E-state index contributed by atoms with van der Waals surface area (Å²) in [4.78, 5) is 37.4. The van der Waals surface area contributed by atoms with Crippen molar-refractivity contribution in [1.29, 1.82) is 5.26 Å². The molecule has 0 bridgehead atoms. The zero-order valence-electron chi connectivity index (χ0n) is 24.8. The number of anilines is 2. The van der Waals surface area contributed by atoms with Gasteiger partial charge < -0.3 is 15.3 Å². The standard InChI is InChI=1S/C31H40F2N6O3/c1-30(2,3)20-6-8-22(9-7-20)39(29(42)26-16-23(40)18-38(26)19-34)27(24-17-35-15-12-25(24)37(4)5)28(41)36-21-10-13-31(32,33)14-11-21/h6-9,12,15,17,21,23,26-27,40H,10-11,13-14,16,18H2,1-5H3,(H,36,41)/t23-,26-,27?/m1/s1. The molecule has 2 aromatic rings. The first-order chi connectivity index (χ1) is 19.7. The summed E-state index contributed by atoms with van der Waals surface area (Å²) in [7, 11) is 3.62. The Balaban J connectivity index is 1.84. The molecular formula is C31H40F2N6O3. The Morgan fingerprint density at radius 2 is 1.81 bits per heavy atom. The monoisotopic (exact) mass is 582 g/mol. The highest BCUT2D eigenvalue weighted by molar-refractivity contribution is 6.04. The van der Waals surface area contributed by atoms with E-state index in [0.717, 1.165) is 5.56 Å². The van der Waals surface area contributed by atoms with Gasteiger partial charge in [-0.15, -0.1) is 0 Å². The van der Waals surface area contributed by atoms with E-state index in [0.29, 0.717) is 16.9 Å². The van der Waals surface area contributed by atoms with Crippen molar-refractivity contribution in [3.63, 3.8) is 0 Å². The van der Waals surface area contributed by atoms with Crippen molar-refractivity contribution in [3.05, 3.63) is 53.9 Å². The Morgan fingerprint density at radius 3 is 2.38 bits per heavy atom. The molecule has 3 atom stereocenters. The molecule has 1 saturated carbocycles. The molecule has 2 fully saturated rings. The van der Waals surface area contributed by atoms with Crippen molar-refractivity contribution in [2.75, 3.05) is 30.4 Å². The maximum absolute atomic E-state index is 14.4. The van der Waals surface area contributed by atoms with Crippen LogP contribution < -0.4 is 15.1 Å². The smallest absolute Gasteiger partial charge is 0.251 e. The quantitative estimate of drug-likeness (QED) is 0.472. The van der Waals surface area contributed by atoms with Gasteiger partial charge in [0.1, 0.15) is 12.1 Å². The molecule has 0 radical (unpaired) electrons. The van der Waals surface area contributed by atoms with Gasteiger partial charge in [-0.25, -0.2) is 8.78 Å². The average molecular weight is 583 g/mol. The molecule has 2 amide bonds. The van der Waals surface area contributed by atoms with E-state index in [4.69, 9.17) is 0 Å². The van der Waals surface area contributed by atoms with E-state index in [2.05, 4.69) is 31.1 Å². The van der Waals surface area contributed by atoms with Crippen LogP contribution in [0.1, 0.15) is 70.0 Å². The van der Waals surface area contributed by atoms with Gasteiger partial charge in [0.2, 0.25) is 11.8 Å². The van der Waals surface area contributed by atoms with Crippen LogP contribution in [0.3, 0.4) is 0 Å². The number of carbonyl (C=O) groups excluding carboxylic acids is 2. The largest absolute Gasteiger partial charge is 0.391 e. The number of amides is 2. The predicted octanol–water partition coefficient (Wildman–Crippen LogP) is 4.13. The number of aromatic nitrogens is 1. The maximum Gasteiger partial charge on any atom is 0.251 e. The number of nitrogens with one attached hydrogen (secondary N) is 1. The molecule has 11 heteroatoms. The second-order valence-corrected chi connectivity index (χ2v) is 12.5. The number of rotatable bonds is 7. The van der Waals surface area contributed by atoms with Crippen molar-refractivity contribution in [3.8, 4) is 6.19 Å². The van der Waals surface area contributed by atoms with Gasteiger partial charge in [-0.1, -0.05) is 32.9 Å². The number of hydrogen-bond donors (Lipinski definition) is 2. The van der Waals surface area contributed by atoms with Crippen LogP contribution in [0.2, 0.25) is 0 Å². The Labute approximate surface area is 246 Å². The number of pyridine rings is 1. The molecule has 1 unspecified atom stereocenters. The van der Waals surface area contributed by atoms with E-state index >= 15 is 0 Å². The molecule has 2 heterocycles. The summed E-state index contributed by atoms with van der Waals surface area (Å²) >= 11 is 0. The summed E-state index contributed by atoms with van der Waals surface area (Å²) in [6.45, 7) is 6.21. The summed E-state index contributed by atoms with van der Waals surface area (Å²) in [6, 6.07) is 6.37. The Kier molecular flexibility index (Phi) is 9.06. The predicted molar refractivity (Wildman–Crippen MR) is 156 cm³/mol. The molecule has 1 aromatic heterocycles. The van der Waals surface area contributed by atoms with E-state index < -0.39 is 42.0 Å². The number of nitriles is 1. The Bertz CT molecular complexity index is 1310. The molecule has 1 aliphatic carbocycles. The van der Waals surface area contributed by atoms with Crippen LogP contribution in [0.15, 0.2) is 42.7 Å². The first kappa shape index (κ1) is 31.2. The number of benzene rings is 1. The second kappa shape index (κ2) is 12.2. The Hall–Kier alpha value is -3.78. The van der Waals surface area contributed by atoms with Gasteiger partial charge in [0.15, 0.2) is 6.19 Å². The van der Waals surface area contributed by atoms with Crippen molar-refractivity contribution < 1.29 is 23.5 Å². The fourth-order valence-electron chi connectivity index (χ4n) is 5.72. The van der Waals surface area contributed by atoms with Gasteiger partial charge >= 0.3 is 0 Å². The Morgan fingerprint density at radius 1 is 1.17 bits per heavy atom. The molecule has 4 rings (SSSR count). The number of halogens is 2. The fraction of sp³-hybridized carbons (Fsp3) is 0.548. The summed E-state index contributed by atoms with van der Waals surface area (Å²) in [5, 5.41) is 23.1. The summed E-state index contributed by atoms with van der Waals surface area (Å²) in [5.74, 6) is -3.82. The molecule has 2 aliphatic rings. The average Bonchev–Trinajstić information content (AvgIpc) is 3.32. The minimum absolute atomic E-state index is 0.00664. The normalized spacial score (nSPS) is 21.4. The molecule has 1 aromatic carbocycles. The van der Waals surface area contributed by atoms with Gasteiger partial charge in [-0.3, -0.25) is 24.4 Å². The van der Waals surface area contributed by atoms with E-state index in [9.17, 15) is 28.7 Å². The van der Waals surface area contributed by atoms with Gasteiger partial charge in [-0.05, 0) is 42.0 Å². The first-order valence-electron chi connectivity index (χ1n) is 14.3. The van der Waals surface area contributed by atoms with E-state index in [1.807, 2.05) is 37.3 Å². The highest BCUT2D eigenvalue weighted by atomic mass is 19.3. The van der Waals surface area contributed by atoms with Gasteiger partial charge in [0.25, 0.3) is 5.91 Å². The minimum Gasteiger partial charge on any atom is -0.391 e. The lowest BCUT2D eigenvalue weighted by Crippen LogP contribution is -2.52. The summed E-state index contributed by atoms with van der Waals surface area (Å²) in [5.41, 5.74) is 2.37. The van der Waals surface area contributed by atoms with E-state index in [-0.39, 0.29) is 44.1 Å². The zero-order valence-corrected chi connectivity index (χ0v) is 24.8. The third-order valence-electron chi connectivity index (χ3n) is 8.12. The number of aliphatic hydroxyl groups excluding tert-OH is 1. The maximum atomic E-state index is 14.4. The number of nitrogens with zero attached hydrogens (tertiary/aromatic N) is 5. The highest BCUT2D eigenvalue weighted by Gasteiger charge is 2.44. The fourth-order valence-corrected chi connectivity index (χ4v) is 5.72. The third-order valence-corrected chi connectivity index (χ3v) is 8.12. The van der Waals surface area contributed by atoms with E-state index in [1.165, 1.54) is 16.0 Å². The topological polar surface area (TPSA) is 113 Å². The van der Waals surface area contributed by atoms with Crippen LogP contribution in [-0.4, -0.2) is 71.6 Å². The van der Waals surface area contributed by atoms with Crippen LogP contribution in [0.4, 0.5) is 20.2 Å². The molecule has 2 N–H and O–H groups in total. The summed E-state index contributed by atoms with van der Waals surface area (Å²) < 4.78 is 27.8. The number of hydrogen-bond acceptors (Lipinski definition) is 7. The lowest BCUT2D eigenvalue weighted by atomic mass is 9.87. The molecule has 226 valence electrons. The van der Waals surface area contributed by atoms with Crippen LogP contribution in [0, 0.1) is 11.5 Å². The second-order valence-electron chi connectivity index (χ2n) is 12.5. The van der Waals surface area contributed by atoms with Crippen molar-refractivity contribution >= 4 is 23.2 Å². The third kappa shape index (κ3) is 6.81. The van der Waals surface area contributed by atoms with Gasteiger partial charge in [0.05, 0.1) is 12.6 Å². The van der Waals surface area contributed by atoms with Crippen LogP contribution >= 0.6 is 0 Å². The van der Waals surface area contributed by atoms with Crippen molar-refractivity contribution in [2.45, 2.75) is 88.4 Å². The molecule has 1 aliphatic heterocycles. The SMILES string of the molecule is CN(C)c1ccncc1C(C(=O)NC1CCC(F)(F)CC1)N(C(=O)[C@H]1C[C@@H](O)CN1C#N)c1ccc(C(C)(C)C)cc1. The number of aliphatic hydroxyl groups is 1. The first-order valence-corrected chi connectivity index (χ1v) is 14.3. The lowest BCUT2D eigenvalue weighted by Gasteiger charge is -2.37. The zero-order chi connectivity index (χ0) is 30.8. The van der Waals surface area contributed by atoms with E-state index in [1.54, 1.807) is 24.4 Å². The number of likely N-dealkylation sites (tertiary alicyclic amines) is 1. The lowest BCUT2D eigenvalue weighted by molar-refractivity contribution is -0.129. The van der Waals surface area contributed by atoms with Crippen LogP contribution in [-0.2, 0) is 15.0 Å². The minimum atomic E-state index is -2.76. The van der Waals surface area contributed by atoms with Crippen molar-refractivity contribution in [2.24, 2.45) is 0 Å². The number of β-amino-alcohol motifs (C(OH)–C–C–N with tert-alkyl or cyclic N) is 1. The number of alkyl halides is 2. The van der Waals surface area contributed by atoms with Crippen LogP contribution in [0.25, 0.3) is 0 Å². The van der Waals surface area contributed by atoms with Crippen LogP contribution in [0.5, 0.6) is 0 Å². The highest BCUT2D eigenvalue weighted by Crippen LogP contribution is 2.38. The molecule has 1 saturated heterocycles. The van der Waals surface area contributed by atoms with Gasteiger partial charge in [-0.2, -0.15) is 5.26 Å². The molecule has 0 spiro atoms. The van der Waals surface area contributed by atoms with Gasteiger partial charge in [0, 0.05) is 68.7 Å². The summed E-state index contributed by atoms with van der Waals surface area (Å²) in [6.07, 6.45) is 3.85. The molecule has 9 nitrogen and oxygen atoms in total. The number of carbonyl (C=O) groups is 2. The molecule has 42 heavy (non-hydrogen) atoms. The van der Waals surface area contributed by atoms with Crippen molar-refractivity contribution in [1.82, 2.24) is 15.2 Å². The molecular weight excluding hydrogens is 542 g/mol.